The summed E-state index contributed by atoms with van der Waals surface area (Å²) in [5.74, 6) is -0.302. The number of carbonyl (C=O) groups is 1. The van der Waals surface area contributed by atoms with E-state index in [2.05, 4.69) is 5.32 Å². The van der Waals surface area contributed by atoms with Crippen molar-refractivity contribution in [2.45, 2.75) is 6.61 Å². The van der Waals surface area contributed by atoms with Crippen molar-refractivity contribution in [2.75, 3.05) is 11.9 Å². The lowest BCUT2D eigenvalue weighted by molar-refractivity contribution is -0.142. The summed E-state index contributed by atoms with van der Waals surface area (Å²) in [4.78, 5) is 11.6. The number of hydrogen-bond acceptors (Lipinski definition) is 3. The van der Waals surface area contributed by atoms with Crippen molar-refractivity contribution >= 4 is 23.3 Å². The van der Waals surface area contributed by atoms with Crippen molar-refractivity contribution in [3.05, 3.63) is 65.2 Å². The molecule has 0 aromatic heterocycles. The quantitative estimate of drug-likeness (QED) is 0.849. The smallest absolute Gasteiger partial charge is 0.325 e. The number of hydrogen-bond donors (Lipinski definition) is 1. The van der Waals surface area contributed by atoms with Gasteiger partial charge in [-0.05, 0) is 29.8 Å². The monoisotopic (exact) mass is 275 g/mol. The molecule has 98 valence electrons. The summed E-state index contributed by atoms with van der Waals surface area (Å²) < 4.78 is 5.14. The lowest BCUT2D eigenvalue weighted by atomic mass is 10.2. The second-order valence-corrected chi connectivity index (χ2v) is 4.45. The van der Waals surface area contributed by atoms with Gasteiger partial charge in [-0.2, -0.15) is 0 Å². The minimum atomic E-state index is -0.302. The Balaban J connectivity index is 1.76. The van der Waals surface area contributed by atoms with Crippen LogP contribution in [-0.2, 0) is 16.1 Å². The van der Waals surface area contributed by atoms with E-state index >= 15 is 0 Å². The molecule has 0 saturated carbocycles. The Hall–Kier alpha value is -2.00. The Morgan fingerprint density at radius 1 is 1.11 bits per heavy atom. The van der Waals surface area contributed by atoms with E-state index < -0.39 is 0 Å². The van der Waals surface area contributed by atoms with Gasteiger partial charge < -0.3 is 10.1 Å². The van der Waals surface area contributed by atoms with E-state index in [-0.39, 0.29) is 19.1 Å². The Morgan fingerprint density at radius 2 is 1.89 bits per heavy atom. The van der Waals surface area contributed by atoms with Crippen LogP contribution in [0.4, 0.5) is 5.69 Å². The highest BCUT2D eigenvalue weighted by Crippen LogP contribution is 2.11. The average Bonchev–Trinajstić information content (AvgIpc) is 2.44. The molecular weight excluding hydrogens is 262 g/mol. The van der Waals surface area contributed by atoms with Crippen molar-refractivity contribution in [3.8, 4) is 0 Å². The van der Waals surface area contributed by atoms with Crippen molar-refractivity contribution in [3.63, 3.8) is 0 Å². The normalized spacial score (nSPS) is 9.95. The van der Waals surface area contributed by atoms with E-state index in [1.165, 1.54) is 0 Å². The molecule has 0 spiro atoms. The molecule has 2 rings (SSSR count). The van der Waals surface area contributed by atoms with Crippen molar-refractivity contribution < 1.29 is 9.53 Å². The second kappa shape index (κ2) is 6.81. The van der Waals surface area contributed by atoms with Crippen molar-refractivity contribution in [1.29, 1.82) is 0 Å². The van der Waals surface area contributed by atoms with E-state index in [1.54, 1.807) is 12.1 Å². The van der Waals surface area contributed by atoms with Gasteiger partial charge in [0.25, 0.3) is 0 Å². The zero-order valence-electron chi connectivity index (χ0n) is 10.3. The lowest BCUT2D eigenvalue weighted by Gasteiger charge is -2.07. The van der Waals surface area contributed by atoms with Crippen LogP contribution >= 0.6 is 11.6 Å². The Kier molecular flexibility index (Phi) is 4.81. The lowest BCUT2D eigenvalue weighted by Crippen LogP contribution is -2.16. The molecule has 0 fully saturated rings. The molecule has 2 aromatic rings. The predicted octanol–water partition coefficient (Wildman–Crippen LogP) is 3.50. The fourth-order valence-corrected chi connectivity index (χ4v) is 1.78. The second-order valence-electron chi connectivity index (χ2n) is 4.01. The standard InChI is InChI=1S/C15H14ClNO2/c16-13-6-4-5-12(9-13)11-19-15(18)10-17-14-7-2-1-3-8-14/h1-9,17H,10-11H2. The fraction of sp³-hybridized carbons (Fsp3) is 0.133. The van der Waals surface area contributed by atoms with Crippen LogP contribution in [0.15, 0.2) is 54.6 Å². The summed E-state index contributed by atoms with van der Waals surface area (Å²) in [6, 6.07) is 16.8. The Labute approximate surface area is 117 Å². The molecule has 0 radical (unpaired) electrons. The summed E-state index contributed by atoms with van der Waals surface area (Å²) in [6.07, 6.45) is 0. The van der Waals surface area contributed by atoms with Crippen LogP contribution in [0.3, 0.4) is 0 Å². The van der Waals surface area contributed by atoms with Gasteiger partial charge in [-0.25, -0.2) is 0 Å². The highest BCUT2D eigenvalue weighted by atomic mass is 35.5. The molecule has 4 heteroatoms. The number of halogens is 1. The largest absolute Gasteiger partial charge is 0.460 e. The molecule has 0 aliphatic rings. The van der Waals surface area contributed by atoms with Gasteiger partial charge in [0.2, 0.25) is 0 Å². The number of esters is 1. The first kappa shape index (κ1) is 13.4. The zero-order chi connectivity index (χ0) is 13.5. The van der Waals surface area contributed by atoms with Crippen LogP contribution in [0.1, 0.15) is 5.56 Å². The molecule has 19 heavy (non-hydrogen) atoms. The maximum Gasteiger partial charge on any atom is 0.325 e. The van der Waals surface area contributed by atoms with Crippen LogP contribution in [0, 0.1) is 0 Å². The molecule has 0 amide bonds. The number of ether oxygens (including phenoxy) is 1. The van der Waals surface area contributed by atoms with Crippen LogP contribution in [0.2, 0.25) is 5.02 Å². The molecule has 2 aromatic carbocycles. The molecule has 0 unspecified atom stereocenters. The van der Waals surface area contributed by atoms with Gasteiger partial charge in [0, 0.05) is 10.7 Å². The molecule has 0 atom stereocenters. The summed E-state index contributed by atoms with van der Waals surface area (Å²) in [7, 11) is 0. The predicted molar refractivity (Wildman–Crippen MR) is 76.2 cm³/mol. The molecule has 0 heterocycles. The van der Waals surface area contributed by atoms with Crippen molar-refractivity contribution in [2.24, 2.45) is 0 Å². The summed E-state index contributed by atoms with van der Waals surface area (Å²) >= 11 is 5.85. The number of benzene rings is 2. The first-order valence-electron chi connectivity index (χ1n) is 5.93. The SMILES string of the molecule is O=C(CNc1ccccc1)OCc1cccc(Cl)c1. The van der Waals surface area contributed by atoms with Gasteiger partial charge >= 0.3 is 5.97 Å². The topological polar surface area (TPSA) is 38.3 Å². The number of rotatable bonds is 5. The Morgan fingerprint density at radius 3 is 2.63 bits per heavy atom. The van der Waals surface area contributed by atoms with Gasteiger partial charge in [-0.3, -0.25) is 4.79 Å². The third-order valence-corrected chi connectivity index (χ3v) is 2.73. The third kappa shape index (κ3) is 4.64. The Bertz CT molecular complexity index is 543. The van der Waals surface area contributed by atoms with Crippen LogP contribution < -0.4 is 5.32 Å². The molecule has 1 N–H and O–H groups in total. The molecular formula is C15H14ClNO2. The molecule has 0 bridgehead atoms. The highest BCUT2D eigenvalue weighted by molar-refractivity contribution is 6.30. The van der Waals surface area contributed by atoms with Gasteiger partial charge in [-0.1, -0.05) is 41.9 Å². The number of carbonyl (C=O) groups excluding carboxylic acids is 1. The summed E-state index contributed by atoms with van der Waals surface area (Å²) in [6.45, 7) is 0.375. The fourth-order valence-electron chi connectivity index (χ4n) is 1.57. The van der Waals surface area contributed by atoms with E-state index in [4.69, 9.17) is 16.3 Å². The molecule has 3 nitrogen and oxygen atoms in total. The van der Waals surface area contributed by atoms with E-state index in [1.807, 2.05) is 42.5 Å². The average molecular weight is 276 g/mol. The zero-order valence-corrected chi connectivity index (χ0v) is 11.1. The van der Waals surface area contributed by atoms with Crippen LogP contribution in [0.5, 0.6) is 0 Å². The maximum atomic E-state index is 11.6. The van der Waals surface area contributed by atoms with Gasteiger partial charge in [0.05, 0.1) is 0 Å². The van der Waals surface area contributed by atoms with Gasteiger partial charge in [-0.15, -0.1) is 0 Å². The molecule has 0 aliphatic heterocycles. The summed E-state index contributed by atoms with van der Waals surface area (Å²) in [5, 5.41) is 3.63. The highest BCUT2D eigenvalue weighted by Gasteiger charge is 2.03. The summed E-state index contributed by atoms with van der Waals surface area (Å²) in [5.41, 5.74) is 1.77. The first-order valence-corrected chi connectivity index (χ1v) is 6.31. The number of nitrogens with one attached hydrogen (secondary N) is 1. The van der Waals surface area contributed by atoms with E-state index in [0.717, 1.165) is 11.3 Å². The number of anilines is 1. The van der Waals surface area contributed by atoms with E-state index in [9.17, 15) is 4.79 Å². The van der Waals surface area contributed by atoms with Gasteiger partial charge in [0.1, 0.15) is 13.2 Å². The van der Waals surface area contributed by atoms with Crippen LogP contribution in [-0.4, -0.2) is 12.5 Å². The maximum absolute atomic E-state index is 11.6. The minimum absolute atomic E-state index is 0.143. The third-order valence-electron chi connectivity index (χ3n) is 2.50. The van der Waals surface area contributed by atoms with Crippen LogP contribution in [0.25, 0.3) is 0 Å². The minimum Gasteiger partial charge on any atom is -0.460 e. The molecule has 0 aliphatic carbocycles. The first-order chi connectivity index (χ1) is 9.24. The molecule has 0 saturated heterocycles. The van der Waals surface area contributed by atoms with E-state index in [0.29, 0.717) is 5.02 Å². The number of para-hydroxylation sites is 1. The van der Waals surface area contributed by atoms with Gasteiger partial charge in [0.15, 0.2) is 0 Å². The van der Waals surface area contributed by atoms with Crippen molar-refractivity contribution in [1.82, 2.24) is 0 Å².